The standard InChI is InChI=1S/C11H19N3O2/c1-15-11(5-3-6-11)8-10-14-13-9(16-10)4-2-7-12/h2-8,12H2,1H3. The first-order valence-electron chi connectivity index (χ1n) is 5.84. The molecule has 1 aliphatic rings. The van der Waals surface area contributed by atoms with Gasteiger partial charge in [0.1, 0.15) is 0 Å². The van der Waals surface area contributed by atoms with Crippen LogP contribution in [0.2, 0.25) is 0 Å². The van der Waals surface area contributed by atoms with Crippen LogP contribution in [0.3, 0.4) is 0 Å². The summed E-state index contributed by atoms with van der Waals surface area (Å²) in [4.78, 5) is 0. The quantitative estimate of drug-likeness (QED) is 0.784. The molecule has 2 N–H and O–H groups in total. The van der Waals surface area contributed by atoms with Crippen molar-refractivity contribution in [1.29, 1.82) is 0 Å². The van der Waals surface area contributed by atoms with Gasteiger partial charge in [-0.05, 0) is 32.2 Å². The minimum atomic E-state index is -0.0440. The summed E-state index contributed by atoms with van der Waals surface area (Å²) in [5.41, 5.74) is 5.38. The summed E-state index contributed by atoms with van der Waals surface area (Å²) in [6.45, 7) is 0.653. The molecular formula is C11H19N3O2. The molecule has 0 radical (unpaired) electrons. The zero-order valence-electron chi connectivity index (χ0n) is 9.74. The SMILES string of the molecule is COC1(Cc2nnc(CCCN)o2)CCC1. The van der Waals surface area contributed by atoms with Crippen molar-refractivity contribution in [3.63, 3.8) is 0 Å². The van der Waals surface area contributed by atoms with E-state index in [1.807, 2.05) is 0 Å². The van der Waals surface area contributed by atoms with Gasteiger partial charge in [-0.25, -0.2) is 0 Å². The molecule has 0 atom stereocenters. The van der Waals surface area contributed by atoms with Crippen LogP contribution in [0.1, 0.15) is 37.5 Å². The van der Waals surface area contributed by atoms with Gasteiger partial charge in [-0.2, -0.15) is 0 Å². The summed E-state index contributed by atoms with van der Waals surface area (Å²) in [6.07, 6.45) is 5.79. The van der Waals surface area contributed by atoms with Crippen LogP contribution in [0.25, 0.3) is 0 Å². The molecule has 5 heteroatoms. The van der Waals surface area contributed by atoms with E-state index >= 15 is 0 Å². The number of hydrogen-bond acceptors (Lipinski definition) is 5. The summed E-state index contributed by atoms with van der Waals surface area (Å²) in [5.74, 6) is 1.37. The smallest absolute Gasteiger partial charge is 0.219 e. The lowest BCUT2D eigenvalue weighted by Gasteiger charge is -2.39. The second-order valence-corrected chi connectivity index (χ2v) is 4.40. The van der Waals surface area contributed by atoms with Gasteiger partial charge >= 0.3 is 0 Å². The molecule has 1 saturated carbocycles. The number of nitrogens with two attached hydrogens (primary N) is 1. The van der Waals surface area contributed by atoms with Gasteiger partial charge in [0.25, 0.3) is 0 Å². The molecule has 16 heavy (non-hydrogen) atoms. The third-order valence-electron chi connectivity index (χ3n) is 3.27. The molecule has 5 nitrogen and oxygen atoms in total. The molecule has 2 rings (SSSR count). The number of hydrogen-bond donors (Lipinski definition) is 1. The average Bonchev–Trinajstić information content (AvgIpc) is 2.68. The molecule has 1 aromatic heterocycles. The second-order valence-electron chi connectivity index (χ2n) is 4.40. The van der Waals surface area contributed by atoms with Crippen LogP contribution < -0.4 is 5.73 Å². The Morgan fingerprint density at radius 2 is 2.12 bits per heavy atom. The normalized spacial score (nSPS) is 18.4. The Hall–Kier alpha value is -0.940. The number of aryl methyl sites for hydroxylation is 1. The predicted octanol–water partition coefficient (Wildman–Crippen LogP) is 1.07. The molecule has 0 spiro atoms. The van der Waals surface area contributed by atoms with Gasteiger partial charge in [-0.15, -0.1) is 10.2 Å². The fourth-order valence-electron chi connectivity index (χ4n) is 2.01. The predicted molar refractivity (Wildman–Crippen MR) is 59.0 cm³/mol. The summed E-state index contributed by atoms with van der Waals surface area (Å²) < 4.78 is 11.1. The number of aromatic nitrogens is 2. The third kappa shape index (κ3) is 2.41. The lowest BCUT2D eigenvalue weighted by Crippen LogP contribution is -2.41. The Labute approximate surface area is 95.4 Å². The van der Waals surface area contributed by atoms with Gasteiger partial charge in [0, 0.05) is 13.5 Å². The highest BCUT2D eigenvalue weighted by molar-refractivity contribution is 4.97. The Morgan fingerprint density at radius 3 is 2.69 bits per heavy atom. The first-order chi connectivity index (χ1) is 7.78. The fraction of sp³-hybridized carbons (Fsp3) is 0.818. The molecule has 0 bridgehead atoms. The van der Waals surface area contributed by atoms with Crippen molar-refractivity contribution in [2.75, 3.05) is 13.7 Å². The van der Waals surface area contributed by atoms with Crippen LogP contribution in [0, 0.1) is 0 Å². The molecule has 0 amide bonds. The molecule has 0 unspecified atom stereocenters. The summed E-state index contributed by atoms with van der Waals surface area (Å²) >= 11 is 0. The topological polar surface area (TPSA) is 74.2 Å². The van der Waals surface area contributed by atoms with Crippen LogP contribution in [0.15, 0.2) is 4.42 Å². The van der Waals surface area contributed by atoms with E-state index in [0.29, 0.717) is 18.3 Å². The van der Waals surface area contributed by atoms with E-state index in [2.05, 4.69) is 10.2 Å². The Kier molecular flexibility index (Phi) is 3.56. The van der Waals surface area contributed by atoms with E-state index in [9.17, 15) is 0 Å². The van der Waals surface area contributed by atoms with Gasteiger partial charge in [-0.3, -0.25) is 0 Å². The zero-order chi connectivity index (χ0) is 11.4. The van der Waals surface area contributed by atoms with Crippen LogP contribution in [-0.2, 0) is 17.6 Å². The maximum absolute atomic E-state index is 5.56. The van der Waals surface area contributed by atoms with E-state index in [1.165, 1.54) is 6.42 Å². The maximum atomic E-state index is 5.56. The third-order valence-corrected chi connectivity index (χ3v) is 3.27. The molecule has 1 fully saturated rings. The maximum Gasteiger partial charge on any atom is 0.219 e. The molecule has 0 aromatic carbocycles. The minimum absolute atomic E-state index is 0.0440. The van der Waals surface area contributed by atoms with Gasteiger partial charge in [-0.1, -0.05) is 0 Å². The van der Waals surface area contributed by atoms with Gasteiger partial charge in [0.15, 0.2) is 0 Å². The molecule has 90 valence electrons. The molecule has 0 aliphatic heterocycles. The minimum Gasteiger partial charge on any atom is -0.425 e. The number of nitrogens with zero attached hydrogens (tertiary/aromatic N) is 2. The van der Waals surface area contributed by atoms with Gasteiger partial charge < -0.3 is 14.9 Å². The summed E-state index contributed by atoms with van der Waals surface area (Å²) in [5, 5.41) is 8.05. The Morgan fingerprint density at radius 1 is 1.38 bits per heavy atom. The zero-order valence-corrected chi connectivity index (χ0v) is 9.74. The number of rotatable bonds is 6. The van der Waals surface area contributed by atoms with Crippen LogP contribution in [-0.4, -0.2) is 29.5 Å². The van der Waals surface area contributed by atoms with Crippen molar-refractivity contribution < 1.29 is 9.15 Å². The van der Waals surface area contributed by atoms with E-state index in [0.717, 1.165) is 32.1 Å². The Bertz CT molecular complexity index is 328. The molecule has 1 aliphatic carbocycles. The lowest BCUT2D eigenvalue weighted by molar-refractivity contribution is -0.0746. The Balaban J connectivity index is 1.91. The van der Waals surface area contributed by atoms with Crippen molar-refractivity contribution in [2.24, 2.45) is 5.73 Å². The van der Waals surface area contributed by atoms with E-state index in [1.54, 1.807) is 7.11 Å². The average molecular weight is 225 g/mol. The van der Waals surface area contributed by atoms with Gasteiger partial charge in [0.05, 0.1) is 12.0 Å². The van der Waals surface area contributed by atoms with Crippen molar-refractivity contribution in [1.82, 2.24) is 10.2 Å². The highest BCUT2D eigenvalue weighted by Crippen LogP contribution is 2.37. The van der Waals surface area contributed by atoms with Crippen LogP contribution in [0.4, 0.5) is 0 Å². The van der Waals surface area contributed by atoms with Gasteiger partial charge in [0.2, 0.25) is 11.8 Å². The molecule has 0 saturated heterocycles. The van der Waals surface area contributed by atoms with E-state index < -0.39 is 0 Å². The molecular weight excluding hydrogens is 206 g/mol. The molecule has 1 heterocycles. The monoisotopic (exact) mass is 225 g/mol. The molecule has 1 aromatic rings. The highest BCUT2D eigenvalue weighted by atomic mass is 16.5. The van der Waals surface area contributed by atoms with E-state index in [-0.39, 0.29) is 5.60 Å². The van der Waals surface area contributed by atoms with Crippen LogP contribution in [0.5, 0.6) is 0 Å². The van der Waals surface area contributed by atoms with Crippen molar-refractivity contribution in [3.8, 4) is 0 Å². The largest absolute Gasteiger partial charge is 0.425 e. The fourth-order valence-corrected chi connectivity index (χ4v) is 2.01. The first kappa shape index (κ1) is 11.5. The highest BCUT2D eigenvalue weighted by Gasteiger charge is 2.38. The van der Waals surface area contributed by atoms with Crippen LogP contribution >= 0.6 is 0 Å². The van der Waals surface area contributed by atoms with Crippen molar-refractivity contribution in [3.05, 3.63) is 11.8 Å². The van der Waals surface area contributed by atoms with Crippen molar-refractivity contribution >= 4 is 0 Å². The number of ether oxygens (including phenoxy) is 1. The van der Waals surface area contributed by atoms with Crippen molar-refractivity contribution in [2.45, 2.75) is 44.1 Å². The first-order valence-corrected chi connectivity index (χ1v) is 5.84. The summed E-state index contributed by atoms with van der Waals surface area (Å²) in [7, 11) is 1.75. The summed E-state index contributed by atoms with van der Waals surface area (Å²) in [6, 6.07) is 0. The van der Waals surface area contributed by atoms with E-state index in [4.69, 9.17) is 14.9 Å². The number of methoxy groups -OCH3 is 1. The lowest BCUT2D eigenvalue weighted by atomic mass is 9.77. The second kappa shape index (κ2) is 4.93.